The fraction of sp³-hybridized carbons (Fsp3) is 0.538. The van der Waals surface area contributed by atoms with Crippen LogP contribution in [0.15, 0.2) is 29.2 Å². The molecule has 0 saturated heterocycles. The number of benzene rings is 1. The molecule has 0 aliphatic carbocycles. The van der Waals surface area contributed by atoms with Crippen LogP contribution in [0.1, 0.15) is 38.3 Å². The van der Waals surface area contributed by atoms with Gasteiger partial charge in [0, 0.05) is 17.0 Å². The predicted molar refractivity (Wildman–Crippen MR) is 72.7 cm³/mol. The summed E-state index contributed by atoms with van der Waals surface area (Å²) >= 11 is 1.85. The lowest BCUT2D eigenvalue weighted by molar-refractivity contribution is 0.555. The van der Waals surface area contributed by atoms with Gasteiger partial charge in [-0.1, -0.05) is 19.1 Å². The first-order valence-electron chi connectivity index (χ1n) is 5.87. The molecular weight excluding hydrogens is 216 g/mol. The van der Waals surface area contributed by atoms with Crippen LogP contribution < -0.4 is 11.5 Å². The minimum atomic E-state index is 0.117. The predicted octanol–water partition coefficient (Wildman–Crippen LogP) is 2.93. The first-order chi connectivity index (χ1) is 7.63. The molecule has 1 rings (SSSR count). The second kappa shape index (κ2) is 6.94. The van der Waals surface area contributed by atoms with Crippen LogP contribution >= 0.6 is 11.8 Å². The first kappa shape index (κ1) is 13.6. The summed E-state index contributed by atoms with van der Waals surface area (Å²) in [5.41, 5.74) is 13.0. The average molecular weight is 238 g/mol. The summed E-state index contributed by atoms with van der Waals surface area (Å²) in [7, 11) is 0. The molecule has 0 aromatic heterocycles. The van der Waals surface area contributed by atoms with Gasteiger partial charge in [0.25, 0.3) is 0 Å². The monoisotopic (exact) mass is 238 g/mol. The second-order valence-corrected chi connectivity index (χ2v) is 5.50. The number of thioether (sulfide) groups is 1. The Balaban J connectivity index is 2.52. The molecule has 3 heteroatoms. The highest BCUT2D eigenvalue weighted by Gasteiger charge is 2.06. The minimum Gasteiger partial charge on any atom is -0.328 e. The van der Waals surface area contributed by atoms with E-state index < -0.39 is 0 Å². The maximum absolute atomic E-state index is 6.10. The van der Waals surface area contributed by atoms with Crippen molar-refractivity contribution < 1.29 is 0 Å². The highest BCUT2D eigenvalue weighted by atomic mass is 32.2. The zero-order chi connectivity index (χ0) is 12.0. The van der Waals surface area contributed by atoms with Gasteiger partial charge in [-0.15, -0.1) is 11.8 Å². The van der Waals surface area contributed by atoms with Crippen LogP contribution in [0, 0.1) is 0 Å². The molecule has 1 aromatic carbocycles. The summed E-state index contributed by atoms with van der Waals surface area (Å²) in [6, 6.07) is 8.91. The average Bonchev–Trinajstić information content (AvgIpc) is 2.27. The summed E-state index contributed by atoms with van der Waals surface area (Å²) in [5.74, 6) is 1.11. The van der Waals surface area contributed by atoms with Crippen LogP contribution in [-0.4, -0.2) is 11.8 Å². The molecule has 1 aromatic rings. The lowest BCUT2D eigenvalue weighted by atomic mass is 10.0. The van der Waals surface area contributed by atoms with Gasteiger partial charge in [0.15, 0.2) is 0 Å². The molecule has 0 aliphatic heterocycles. The van der Waals surface area contributed by atoms with Crippen LogP contribution in [-0.2, 0) is 0 Å². The highest BCUT2D eigenvalue weighted by molar-refractivity contribution is 7.99. The third-order valence-corrected chi connectivity index (χ3v) is 3.45. The van der Waals surface area contributed by atoms with E-state index in [-0.39, 0.29) is 12.1 Å². The fourth-order valence-electron chi connectivity index (χ4n) is 1.59. The second-order valence-electron chi connectivity index (χ2n) is 4.16. The molecule has 0 bridgehead atoms. The van der Waals surface area contributed by atoms with E-state index in [4.69, 9.17) is 11.5 Å². The summed E-state index contributed by atoms with van der Waals surface area (Å²) in [4.78, 5) is 1.31. The first-order valence-corrected chi connectivity index (χ1v) is 6.86. The van der Waals surface area contributed by atoms with E-state index in [2.05, 4.69) is 31.2 Å². The summed E-state index contributed by atoms with van der Waals surface area (Å²) in [6.45, 7) is 4.18. The van der Waals surface area contributed by atoms with Gasteiger partial charge in [0.1, 0.15) is 0 Å². The Morgan fingerprint density at radius 2 is 1.75 bits per heavy atom. The summed E-state index contributed by atoms with van der Waals surface area (Å²) < 4.78 is 0. The van der Waals surface area contributed by atoms with Gasteiger partial charge in [-0.05, 0) is 43.2 Å². The van der Waals surface area contributed by atoms with Crippen molar-refractivity contribution >= 4 is 11.8 Å². The topological polar surface area (TPSA) is 52.0 Å². The smallest absolute Gasteiger partial charge is 0.0295 e. The molecule has 2 unspecified atom stereocenters. The zero-order valence-electron chi connectivity index (χ0n) is 10.1. The number of rotatable bonds is 6. The Labute approximate surface area is 103 Å². The van der Waals surface area contributed by atoms with Gasteiger partial charge in [-0.3, -0.25) is 0 Å². The molecule has 2 nitrogen and oxygen atoms in total. The van der Waals surface area contributed by atoms with Crippen molar-refractivity contribution in [3.63, 3.8) is 0 Å². The van der Waals surface area contributed by atoms with Gasteiger partial charge in [0.05, 0.1) is 0 Å². The summed E-state index contributed by atoms with van der Waals surface area (Å²) in [6.07, 6.45) is 1.94. The van der Waals surface area contributed by atoms with E-state index in [0.717, 1.165) is 18.6 Å². The molecule has 0 fully saturated rings. The molecule has 0 amide bonds. The van der Waals surface area contributed by atoms with E-state index in [9.17, 15) is 0 Å². The standard InChI is InChI=1S/C13H22N2S/c1-3-16-12-7-5-11(6-8-12)13(15)9-4-10(2)14/h5-8,10,13H,3-4,9,14-15H2,1-2H3. The lowest BCUT2D eigenvalue weighted by Crippen LogP contribution is -2.18. The Kier molecular flexibility index (Phi) is 5.88. The number of hydrogen-bond acceptors (Lipinski definition) is 3. The fourth-order valence-corrected chi connectivity index (χ4v) is 2.25. The zero-order valence-corrected chi connectivity index (χ0v) is 11.0. The minimum absolute atomic E-state index is 0.117. The molecule has 90 valence electrons. The highest BCUT2D eigenvalue weighted by Crippen LogP contribution is 2.22. The SMILES string of the molecule is CCSc1ccc(C(N)CCC(C)N)cc1. The van der Waals surface area contributed by atoms with Crippen molar-refractivity contribution in [1.29, 1.82) is 0 Å². The van der Waals surface area contributed by atoms with Crippen LogP contribution in [0.5, 0.6) is 0 Å². The maximum Gasteiger partial charge on any atom is 0.0295 e. The third kappa shape index (κ3) is 4.56. The van der Waals surface area contributed by atoms with Crippen molar-refractivity contribution in [2.45, 2.75) is 43.7 Å². The van der Waals surface area contributed by atoms with E-state index in [1.54, 1.807) is 0 Å². The Morgan fingerprint density at radius 3 is 2.25 bits per heavy atom. The van der Waals surface area contributed by atoms with Gasteiger partial charge < -0.3 is 11.5 Å². The number of nitrogens with two attached hydrogens (primary N) is 2. The van der Waals surface area contributed by atoms with Crippen LogP contribution in [0.2, 0.25) is 0 Å². The molecule has 2 atom stereocenters. The largest absolute Gasteiger partial charge is 0.328 e. The van der Waals surface area contributed by atoms with E-state index >= 15 is 0 Å². The van der Waals surface area contributed by atoms with Gasteiger partial charge in [-0.2, -0.15) is 0 Å². The molecule has 16 heavy (non-hydrogen) atoms. The van der Waals surface area contributed by atoms with E-state index in [1.807, 2.05) is 18.7 Å². The Bertz CT molecular complexity index is 295. The van der Waals surface area contributed by atoms with Crippen molar-refractivity contribution in [3.8, 4) is 0 Å². The van der Waals surface area contributed by atoms with Gasteiger partial charge in [-0.25, -0.2) is 0 Å². The normalized spacial score (nSPS) is 14.8. The van der Waals surface area contributed by atoms with Gasteiger partial charge >= 0.3 is 0 Å². The lowest BCUT2D eigenvalue weighted by Gasteiger charge is -2.13. The van der Waals surface area contributed by atoms with Crippen molar-refractivity contribution in [2.75, 3.05) is 5.75 Å². The molecule has 0 radical (unpaired) electrons. The Hall–Kier alpha value is -0.510. The molecular formula is C13H22N2S. The van der Waals surface area contributed by atoms with Gasteiger partial charge in [0.2, 0.25) is 0 Å². The van der Waals surface area contributed by atoms with Crippen LogP contribution in [0.25, 0.3) is 0 Å². The quantitative estimate of drug-likeness (QED) is 0.749. The molecule has 0 saturated carbocycles. The summed E-state index contributed by atoms with van der Waals surface area (Å²) in [5, 5.41) is 0. The maximum atomic E-state index is 6.10. The Morgan fingerprint density at radius 1 is 1.12 bits per heavy atom. The third-order valence-electron chi connectivity index (χ3n) is 2.55. The van der Waals surface area contributed by atoms with Crippen molar-refractivity contribution in [2.24, 2.45) is 11.5 Å². The van der Waals surface area contributed by atoms with E-state index in [1.165, 1.54) is 10.5 Å². The molecule has 0 spiro atoms. The van der Waals surface area contributed by atoms with Crippen LogP contribution in [0.4, 0.5) is 0 Å². The van der Waals surface area contributed by atoms with Crippen molar-refractivity contribution in [3.05, 3.63) is 29.8 Å². The molecule has 4 N–H and O–H groups in total. The number of hydrogen-bond donors (Lipinski definition) is 2. The van der Waals surface area contributed by atoms with E-state index in [0.29, 0.717) is 0 Å². The molecule has 0 aliphatic rings. The van der Waals surface area contributed by atoms with Crippen LogP contribution in [0.3, 0.4) is 0 Å². The van der Waals surface area contributed by atoms with Crippen molar-refractivity contribution in [1.82, 2.24) is 0 Å². The molecule has 0 heterocycles.